The third kappa shape index (κ3) is 21.1. The first-order valence-corrected chi connectivity index (χ1v) is 20.3. The van der Waals surface area contributed by atoms with Gasteiger partial charge in [0.05, 0.1) is 6.61 Å². The van der Waals surface area contributed by atoms with Crippen molar-refractivity contribution in [1.29, 1.82) is 0 Å². The number of unbranched alkanes of at least 4 members (excludes halogenated alkanes) is 18. The first-order chi connectivity index (χ1) is 23.4. The summed E-state index contributed by atoms with van der Waals surface area (Å²) < 4.78 is 33.2. The Morgan fingerprint density at radius 1 is 0.551 bits per heavy atom. The molecule has 0 bridgehead atoms. The topological polar surface area (TPSA) is 210 Å². The molecular weight excluding hydrogens is 659 g/mol. The Morgan fingerprint density at radius 2 is 0.918 bits per heavy atom. The summed E-state index contributed by atoms with van der Waals surface area (Å²) in [6.45, 7) is 3.22. The van der Waals surface area contributed by atoms with Crippen molar-refractivity contribution >= 4 is 19.8 Å². The van der Waals surface area contributed by atoms with Crippen LogP contribution in [0, 0.1) is 0 Å². The highest BCUT2D eigenvalue weighted by molar-refractivity contribution is 7.47. The van der Waals surface area contributed by atoms with Crippen LogP contribution in [0.1, 0.15) is 155 Å². The lowest BCUT2D eigenvalue weighted by molar-refractivity contribution is -0.220. The van der Waals surface area contributed by atoms with Gasteiger partial charge < -0.3 is 39.9 Å². The van der Waals surface area contributed by atoms with E-state index in [0.29, 0.717) is 12.8 Å². The molecule has 1 saturated carbocycles. The molecule has 0 aromatic heterocycles. The molecule has 0 aliphatic heterocycles. The summed E-state index contributed by atoms with van der Waals surface area (Å²) >= 11 is 0. The minimum absolute atomic E-state index is 0.103. The van der Waals surface area contributed by atoms with Crippen molar-refractivity contribution in [2.24, 2.45) is 0 Å². The SMILES string of the molecule is CCCCCCCCCCCCCCC(=O)O[C@H](COC(=O)CCCCCCCCCC)COP(=O)(O)OC1C(O)C(O)C(O)[C@@H](O)C1O. The Morgan fingerprint density at radius 3 is 1.35 bits per heavy atom. The van der Waals surface area contributed by atoms with Gasteiger partial charge in [0.1, 0.15) is 43.2 Å². The van der Waals surface area contributed by atoms with Gasteiger partial charge in [-0.25, -0.2) is 4.57 Å². The van der Waals surface area contributed by atoms with Gasteiger partial charge in [0, 0.05) is 12.8 Å². The first kappa shape index (κ1) is 45.9. The van der Waals surface area contributed by atoms with Crippen LogP contribution in [0.25, 0.3) is 0 Å². The van der Waals surface area contributed by atoms with Crippen molar-refractivity contribution in [2.75, 3.05) is 13.2 Å². The van der Waals surface area contributed by atoms with Crippen LogP contribution >= 0.6 is 7.82 Å². The zero-order valence-corrected chi connectivity index (χ0v) is 30.9. The van der Waals surface area contributed by atoms with Gasteiger partial charge in [0.2, 0.25) is 0 Å². The van der Waals surface area contributed by atoms with Gasteiger partial charge in [-0.1, -0.05) is 129 Å². The lowest BCUT2D eigenvalue weighted by Gasteiger charge is -2.41. The molecule has 1 rings (SSSR count). The summed E-state index contributed by atoms with van der Waals surface area (Å²) in [6.07, 6.45) is 9.17. The zero-order chi connectivity index (χ0) is 36.5. The Bertz CT molecular complexity index is 891. The summed E-state index contributed by atoms with van der Waals surface area (Å²) in [7, 11) is -5.09. The van der Waals surface area contributed by atoms with Crippen LogP contribution in [-0.4, -0.2) is 98.3 Å². The van der Waals surface area contributed by atoms with Gasteiger partial charge in [0.15, 0.2) is 6.10 Å². The molecule has 1 fully saturated rings. The van der Waals surface area contributed by atoms with E-state index < -0.39 is 75.7 Å². The maximum atomic E-state index is 12.7. The predicted octanol–water partition coefficient (Wildman–Crippen LogP) is 5.38. The number of phosphoric acid groups is 1. The predicted molar refractivity (Wildman–Crippen MR) is 184 cm³/mol. The van der Waals surface area contributed by atoms with Crippen molar-refractivity contribution in [3.63, 3.8) is 0 Å². The molecular formula is C35H67O13P. The zero-order valence-electron chi connectivity index (χ0n) is 30.0. The number of hydrogen-bond acceptors (Lipinski definition) is 12. The van der Waals surface area contributed by atoms with Gasteiger partial charge in [-0.2, -0.15) is 0 Å². The number of ether oxygens (including phenoxy) is 2. The van der Waals surface area contributed by atoms with E-state index in [9.17, 15) is 44.6 Å². The number of hydrogen-bond donors (Lipinski definition) is 6. The molecule has 0 amide bonds. The summed E-state index contributed by atoms with van der Waals surface area (Å²) in [5.41, 5.74) is 0. The molecule has 0 aromatic rings. The molecule has 0 saturated heterocycles. The minimum atomic E-state index is -5.09. The fourth-order valence-electron chi connectivity index (χ4n) is 5.82. The highest BCUT2D eigenvalue weighted by Gasteiger charge is 2.51. The van der Waals surface area contributed by atoms with Gasteiger partial charge >= 0.3 is 19.8 Å². The number of phosphoric ester groups is 1. The smallest absolute Gasteiger partial charge is 0.462 e. The molecule has 1 aliphatic rings. The van der Waals surface area contributed by atoms with Crippen molar-refractivity contribution in [2.45, 2.75) is 198 Å². The molecule has 6 N–H and O–H groups in total. The van der Waals surface area contributed by atoms with Crippen LogP contribution in [0.2, 0.25) is 0 Å². The van der Waals surface area contributed by atoms with E-state index in [1.807, 2.05) is 0 Å². The van der Waals surface area contributed by atoms with Crippen LogP contribution in [0.15, 0.2) is 0 Å². The normalized spacial score (nSPS) is 24.3. The van der Waals surface area contributed by atoms with Gasteiger partial charge in [-0.15, -0.1) is 0 Å². The highest BCUT2D eigenvalue weighted by Crippen LogP contribution is 2.47. The van der Waals surface area contributed by atoms with Crippen molar-refractivity contribution in [3.8, 4) is 0 Å². The molecule has 0 radical (unpaired) electrons. The summed E-state index contributed by atoms with van der Waals surface area (Å²) in [6, 6.07) is 0. The lowest BCUT2D eigenvalue weighted by Crippen LogP contribution is -2.64. The Hall–Kier alpha value is -1.15. The summed E-state index contributed by atoms with van der Waals surface area (Å²) in [5, 5.41) is 49.8. The Balaban J connectivity index is 2.55. The van der Waals surface area contributed by atoms with Crippen molar-refractivity contribution in [3.05, 3.63) is 0 Å². The molecule has 290 valence electrons. The standard InChI is InChI=1S/C35H67O13P/c1-3-5-7-9-11-13-14-15-16-18-20-22-24-29(37)47-27(25-45-28(36)23-21-19-17-12-10-8-6-4-2)26-46-49(43,44)48-35-33(41)31(39)30(38)32(40)34(35)42/h27,30-35,38-42H,3-26H2,1-2H3,(H,43,44)/t27-,30?,31-,32?,33?,34?,35?/m1/s1. The van der Waals surface area contributed by atoms with E-state index in [2.05, 4.69) is 13.8 Å². The van der Waals surface area contributed by atoms with Crippen LogP contribution in [0.3, 0.4) is 0 Å². The Kier molecular flexibility index (Phi) is 25.7. The van der Waals surface area contributed by atoms with E-state index >= 15 is 0 Å². The fraction of sp³-hybridized carbons (Fsp3) is 0.943. The van der Waals surface area contributed by atoms with E-state index in [1.54, 1.807) is 0 Å². The van der Waals surface area contributed by atoms with E-state index in [1.165, 1.54) is 77.0 Å². The average molecular weight is 727 g/mol. The molecule has 8 atom stereocenters. The maximum absolute atomic E-state index is 12.7. The van der Waals surface area contributed by atoms with Crippen LogP contribution in [0.4, 0.5) is 0 Å². The molecule has 13 nitrogen and oxygen atoms in total. The second-order valence-electron chi connectivity index (χ2n) is 13.4. The highest BCUT2D eigenvalue weighted by atomic mass is 31.2. The molecule has 1 aliphatic carbocycles. The van der Waals surface area contributed by atoms with Crippen molar-refractivity contribution < 1.29 is 63.1 Å². The Labute approximate surface area is 293 Å². The first-order valence-electron chi connectivity index (χ1n) is 18.8. The third-order valence-corrected chi connectivity index (χ3v) is 9.93. The number of esters is 2. The van der Waals surface area contributed by atoms with Crippen LogP contribution in [-0.2, 0) is 32.7 Å². The maximum Gasteiger partial charge on any atom is 0.472 e. The molecule has 0 aromatic carbocycles. The minimum Gasteiger partial charge on any atom is -0.462 e. The molecule has 0 spiro atoms. The lowest BCUT2D eigenvalue weighted by atomic mass is 9.85. The second-order valence-corrected chi connectivity index (χ2v) is 14.9. The third-order valence-electron chi connectivity index (χ3n) is 8.95. The fourth-order valence-corrected chi connectivity index (χ4v) is 6.79. The average Bonchev–Trinajstić information content (AvgIpc) is 3.07. The monoisotopic (exact) mass is 726 g/mol. The van der Waals surface area contributed by atoms with E-state index in [0.717, 1.165) is 38.5 Å². The van der Waals surface area contributed by atoms with E-state index in [4.69, 9.17) is 18.5 Å². The number of rotatable bonds is 30. The molecule has 6 unspecified atom stereocenters. The van der Waals surface area contributed by atoms with Gasteiger partial charge in [-0.3, -0.25) is 18.6 Å². The number of aliphatic hydroxyl groups is 5. The summed E-state index contributed by atoms with van der Waals surface area (Å²) in [5.74, 6) is -1.10. The second kappa shape index (κ2) is 27.5. The van der Waals surface area contributed by atoms with Gasteiger partial charge in [-0.05, 0) is 12.8 Å². The van der Waals surface area contributed by atoms with Gasteiger partial charge in [0.25, 0.3) is 0 Å². The van der Waals surface area contributed by atoms with Crippen LogP contribution < -0.4 is 0 Å². The summed E-state index contributed by atoms with van der Waals surface area (Å²) in [4.78, 5) is 35.3. The van der Waals surface area contributed by atoms with Crippen LogP contribution in [0.5, 0.6) is 0 Å². The quantitative estimate of drug-likeness (QED) is 0.0312. The number of carbonyl (C=O) groups is 2. The molecule has 14 heteroatoms. The molecule has 0 heterocycles. The number of aliphatic hydroxyl groups excluding tert-OH is 5. The largest absolute Gasteiger partial charge is 0.472 e. The number of carbonyl (C=O) groups excluding carboxylic acids is 2. The van der Waals surface area contributed by atoms with Crippen molar-refractivity contribution in [1.82, 2.24) is 0 Å². The van der Waals surface area contributed by atoms with E-state index in [-0.39, 0.29) is 12.8 Å². The molecule has 49 heavy (non-hydrogen) atoms.